The molecule has 1 aliphatic carbocycles. The molecule has 3 N–H and O–H groups in total. The Hall–Kier alpha value is -1.65. The maximum atomic E-state index is 13.0. The number of rotatable bonds is 4. The van der Waals surface area contributed by atoms with Crippen LogP contribution in [-0.4, -0.2) is 17.4 Å². The molecule has 0 radical (unpaired) electrons. The molecule has 2 rings (SSSR count). The van der Waals surface area contributed by atoms with E-state index in [2.05, 4.69) is 10.3 Å². The van der Waals surface area contributed by atoms with Gasteiger partial charge in [-0.2, -0.15) is 0 Å². The summed E-state index contributed by atoms with van der Waals surface area (Å²) in [7, 11) is 0. The highest BCUT2D eigenvalue weighted by atomic mass is 19.1. The number of amides is 1. The first-order valence-corrected chi connectivity index (χ1v) is 6.36. The Labute approximate surface area is 106 Å². The molecule has 4 nitrogen and oxygen atoms in total. The number of pyridine rings is 1. The summed E-state index contributed by atoms with van der Waals surface area (Å²) in [5, 5.41) is 2.77. The Bertz CT molecular complexity index is 430. The summed E-state index contributed by atoms with van der Waals surface area (Å²) in [5.74, 6) is -0.120. The Morgan fingerprint density at radius 3 is 2.94 bits per heavy atom. The van der Waals surface area contributed by atoms with Crippen LogP contribution in [0.1, 0.15) is 42.5 Å². The minimum absolute atomic E-state index is 0.0646. The van der Waals surface area contributed by atoms with Gasteiger partial charge in [-0.1, -0.05) is 25.7 Å². The lowest BCUT2D eigenvalue weighted by molar-refractivity contribution is 0.0951. The van der Waals surface area contributed by atoms with Gasteiger partial charge in [-0.05, 0) is 18.4 Å². The molecule has 0 spiro atoms. The summed E-state index contributed by atoms with van der Waals surface area (Å²) in [4.78, 5) is 15.4. The van der Waals surface area contributed by atoms with Crippen LogP contribution in [0, 0.1) is 11.7 Å². The van der Waals surface area contributed by atoms with Crippen LogP contribution in [0.4, 0.5) is 10.2 Å². The second kappa shape index (κ2) is 5.80. The number of hydrogen-bond donors (Lipinski definition) is 2. The Morgan fingerprint density at radius 2 is 2.22 bits per heavy atom. The predicted molar refractivity (Wildman–Crippen MR) is 67.5 cm³/mol. The normalized spacial score (nSPS) is 15.8. The van der Waals surface area contributed by atoms with Crippen LogP contribution in [0.2, 0.25) is 0 Å². The van der Waals surface area contributed by atoms with Gasteiger partial charge in [0.15, 0.2) is 0 Å². The molecule has 0 aromatic carbocycles. The van der Waals surface area contributed by atoms with E-state index in [1.165, 1.54) is 25.7 Å². The lowest BCUT2D eigenvalue weighted by Gasteiger charge is -2.10. The third kappa shape index (κ3) is 3.18. The number of nitrogens with one attached hydrogen (secondary N) is 1. The maximum absolute atomic E-state index is 13.0. The van der Waals surface area contributed by atoms with E-state index in [-0.39, 0.29) is 17.3 Å². The van der Waals surface area contributed by atoms with E-state index < -0.39 is 5.82 Å². The molecule has 0 unspecified atom stereocenters. The van der Waals surface area contributed by atoms with Gasteiger partial charge >= 0.3 is 0 Å². The van der Waals surface area contributed by atoms with Gasteiger partial charge in [-0.3, -0.25) is 4.79 Å². The van der Waals surface area contributed by atoms with Crippen LogP contribution in [0.5, 0.6) is 0 Å². The Morgan fingerprint density at radius 1 is 1.50 bits per heavy atom. The molecular formula is C13H18FN3O. The van der Waals surface area contributed by atoms with Crippen LogP contribution in [0.25, 0.3) is 0 Å². The average Bonchev–Trinajstić information content (AvgIpc) is 2.85. The van der Waals surface area contributed by atoms with Gasteiger partial charge in [0.1, 0.15) is 11.6 Å². The van der Waals surface area contributed by atoms with Crippen molar-refractivity contribution in [1.29, 1.82) is 0 Å². The standard InChI is InChI=1S/C13H18FN3O/c14-10-7-11(12(15)17-8-10)13(18)16-6-5-9-3-1-2-4-9/h7-9H,1-6H2,(H2,15,17)(H,16,18). The molecular weight excluding hydrogens is 233 g/mol. The largest absolute Gasteiger partial charge is 0.383 e. The van der Waals surface area contributed by atoms with Crippen LogP contribution < -0.4 is 11.1 Å². The van der Waals surface area contributed by atoms with Crippen LogP contribution in [0.15, 0.2) is 12.3 Å². The summed E-state index contributed by atoms with van der Waals surface area (Å²) in [6, 6.07) is 1.12. The zero-order chi connectivity index (χ0) is 13.0. The zero-order valence-electron chi connectivity index (χ0n) is 10.3. The second-order valence-corrected chi connectivity index (χ2v) is 4.78. The van der Waals surface area contributed by atoms with Crippen molar-refractivity contribution in [1.82, 2.24) is 10.3 Å². The van der Waals surface area contributed by atoms with Crippen molar-refractivity contribution in [2.75, 3.05) is 12.3 Å². The molecule has 1 fully saturated rings. The van der Waals surface area contributed by atoms with Gasteiger partial charge in [0.05, 0.1) is 11.8 Å². The quantitative estimate of drug-likeness (QED) is 0.861. The van der Waals surface area contributed by atoms with Gasteiger partial charge in [0, 0.05) is 6.54 Å². The Balaban J connectivity index is 1.85. The fourth-order valence-electron chi connectivity index (χ4n) is 2.42. The highest BCUT2D eigenvalue weighted by Crippen LogP contribution is 2.26. The van der Waals surface area contributed by atoms with E-state index in [4.69, 9.17) is 5.73 Å². The molecule has 98 valence electrons. The monoisotopic (exact) mass is 251 g/mol. The fraction of sp³-hybridized carbons (Fsp3) is 0.538. The SMILES string of the molecule is Nc1ncc(F)cc1C(=O)NCCC1CCCC1. The number of hydrogen-bond acceptors (Lipinski definition) is 3. The lowest BCUT2D eigenvalue weighted by atomic mass is 10.0. The highest BCUT2D eigenvalue weighted by Gasteiger charge is 2.16. The molecule has 1 saturated carbocycles. The number of nitrogens with two attached hydrogens (primary N) is 1. The minimum atomic E-state index is -0.551. The predicted octanol–water partition coefficient (Wildman–Crippen LogP) is 2.11. The van der Waals surface area contributed by atoms with Crippen molar-refractivity contribution in [3.05, 3.63) is 23.6 Å². The number of aromatic nitrogens is 1. The summed E-state index contributed by atoms with van der Waals surface area (Å²) >= 11 is 0. The molecule has 5 heteroatoms. The summed E-state index contributed by atoms with van der Waals surface area (Å²) in [6.45, 7) is 0.611. The van der Waals surface area contributed by atoms with E-state index in [9.17, 15) is 9.18 Å². The molecule has 0 bridgehead atoms. The summed E-state index contributed by atoms with van der Waals surface area (Å²) in [5.41, 5.74) is 5.66. The minimum Gasteiger partial charge on any atom is -0.383 e. The fourth-order valence-corrected chi connectivity index (χ4v) is 2.42. The lowest BCUT2D eigenvalue weighted by Crippen LogP contribution is -2.26. The van der Waals surface area contributed by atoms with Crippen molar-refractivity contribution in [2.45, 2.75) is 32.1 Å². The second-order valence-electron chi connectivity index (χ2n) is 4.78. The maximum Gasteiger partial charge on any atom is 0.255 e. The van der Waals surface area contributed by atoms with Crippen molar-refractivity contribution >= 4 is 11.7 Å². The van der Waals surface area contributed by atoms with Gasteiger partial charge < -0.3 is 11.1 Å². The molecule has 0 saturated heterocycles. The molecule has 1 aromatic rings. The van der Waals surface area contributed by atoms with Gasteiger partial charge in [0.2, 0.25) is 0 Å². The van der Waals surface area contributed by atoms with E-state index in [0.29, 0.717) is 12.5 Å². The number of halogens is 1. The number of carbonyl (C=O) groups excluding carboxylic acids is 1. The first-order valence-electron chi connectivity index (χ1n) is 6.36. The molecule has 1 aliphatic rings. The van der Waals surface area contributed by atoms with Crippen LogP contribution >= 0.6 is 0 Å². The zero-order valence-corrected chi connectivity index (χ0v) is 10.3. The van der Waals surface area contributed by atoms with E-state index >= 15 is 0 Å². The van der Waals surface area contributed by atoms with Gasteiger partial charge in [-0.15, -0.1) is 0 Å². The first kappa shape index (κ1) is 12.8. The van der Waals surface area contributed by atoms with Crippen LogP contribution in [-0.2, 0) is 0 Å². The highest BCUT2D eigenvalue weighted by molar-refractivity contribution is 5.98. The third-order valence-electron chi connectivity index (χ3n) is 3.44. The molecule has 1 heterocycles. The topological polar surface area (TPSA) is 68.0 Å². The number of nitrogen functional groups attached to an aromatic ring is 1. The van der Waals surface area contributed by atoms with Crippen LogP contribution in [0.3, 0.4) is 0 Å². The molecule has 0 atom stereocenters. The number of carbonyl (C=O) groups is 1. The van der Waals surface area contributed by atoms with E-state index in [1.807, 2.05) is 0 Å². The summed E-state index contributed by atoms with van der Waals surface area (Å²) in [6.07, 6.45) is 7.07. The molecule has 18 heavy (non-hydrogen) atoms. The van der Waals surface area contributed by atoms with Crippen molar-refractivity contribution in [3.8, 4) is 0 Å². The van der Waals surface area contributed by atoms with Gasteiger partial charge in [-0.25, -0.2) is 9.37 Å². The van der Waals surface area contributed by atoms with Crippen molar-refractivity contribution in [2.24, 2.45) is 5.92 Å². The number of nitrogens with zero attached hydrogens (tertiary/aromatic N) is 1. The van der Waals surface area contributed by atoms with Crippen molar-refractivity contribution in [3.63, 3.8) is 0 Å². The van der Waals surface area contributed by atoms with E-state index in [0.717, 1.165) is 18.7 Å². The van der Waals surface area contributed by atoms with Gasteiger partial charge in [0.25, 0.3) is 5.91 Å². The number of anilines is 1. The smallest absolute Gasteiger partial charge is 0.255 e. The van der Waals surface area contributed by atoms with Crippen molar-refractivity contribution < 1.29 is 9.18 Å². The third-order valence-corrected chi connectivity index (χ3v) is 3.44. The summed E-state index contributed by atoms with van der Waals surface area (Å²) < 4.78 is 13.0. The Kier molecular flexibility index (Phi) is 4.12. The average molecular weight is 251 g/mol. The molecule has 0 aliphatic heterocycles. The first-order chi connectivity index (χ1) is 8.66. The molecule has 1 amide bonds. The molecule has 1 aromatic heterocycles. The van der Waals surface area contributed by atoms with E-state index in [1.54, 1.807) is 0 Å².